The van der Waals surface area contributed by atoms with Crippen molar-refractivity contribution < 1.29 is 4.79 Å². The van der Waals surface area contributed by atoms with Gasteiger partial charge in [-0.15, -0.1) is 0 Å². The van der Waals surface area contributed by atoms with Gasteiger partial charge in [-0.1, -0.05) is 68.9 Å². The lowest BCUT2D eigenvalue weighted by molar-refractivity contribution is 0.0988. The Labute approximate surface area is 172 Å². The van der Waals surface area contributed by atoms with Gasteiger partial charge in [0.15, 0.2) is 5.78 Å². The average molecular weight is 387 g/mol. The van der Waals surface area contributed by atoms with Crippen molar-refractivity contribution in [3.63, 3.8) is 0 Å². The lowest BCUT2D eigenvalue weighted by Gasteiger charge is -2.30. The number of benzene rings is 3. The van der Waals surface area contributed by atoms with Crippen LogP contribution in [0.2, 0.25) is 0 Å². The van der Waals surface area contributed by atoms with Crippen LogP contribution in [0.5, 0.6) is 0 Å². The lowest BCUT2D eigenvalue weighted by atomic mass is 9.73. The van der Waals surface area contributed by atoms with E-state index in [2.05, 4.69) is 74.5 Å². The molecule has 3 aromatic carbocycles. The molecule has 1 aliphatic rings. The molecule has 0 amide bonds. The average Bonchev–Trinajstić information content (AvgIpc) is 3.02. The zero-order valence-electron chi connectivity index (χ0n) is 16.8. The first kappa shape index (κ1) is 19.0. The predicted octanol–water partition coefficient (Wildman–Crippen LogP) is 7.52. The highest BCUT2D eigenvalue weighted by atomic mass is 32.2. The summed E-state index contributed by atoms with van der Waals surface area (Å²) in [6.07, 6.45) is 2.62. The Morgan fingerprint density at radius 3 is 2.07 bits per heavy atom. The van der Waals surface area contributed by atoms with Crippen LogP contribution < -0.4 is 0 Å². The van der Waals surface area contributed by atoms with Crippen molar-refractivity contribution in [1.29, 1.82) is 0 Å². The first-order valence-electron chi connectivity index (χ1n) is 10.2. The monoisotopic (exact) mass is 386 g/mol. The van der Waals surface area contributed by atoms with Gasteiger partial charge in [0, 0.05) is 27.2 Å². The van der Waals surface area contributed by atoms with Crippen molar-refractivity contribution in [1.82, 2.24) is 0 Å². The van der Waals surface area contributed by atoms with Gasteiger partial charge in [-0.25, -0.2) is 0 Å². The highest BCUT2D eigenvalue weighted by Gasteiger charge is 2.40. The second-order valence-electron chi connectivity index (χ2n) is 7.45. The minimum atomic E-state index is -0.0119. The summed E-state index contributed by atoms with van der Waals surface area (Å²) in [7, 11) is 0. The fraction of sp³-hybridized carbons (Fsp3) is 0.269. The summed E-state index contributed by atoms with van der Waals surface area (Å²) >= 11 is 1.81. The zero-order chi connectivity index (χ0) is 19.7. The van der Waals surface area contributed by atoms with Gasteiger partial charge in [0.1, 0.15) is 0 Å². The number of carbonyl (C=O) groups is 1. The van der Waals surface area contributed by atoms with Crippen LogP contribution in [0, 0.1) is 0 Å². The number of hydrogen-bond acceptors (Lipinski definition) is 2. The zero-order valence-corrected chi connectivity index (χ0v) is 17.6. The number of rotatable bonds is 6. The van der Waals surface area contributed by atoms with Crippen molar-refractivity contribution >= 4 is 17.5 Å². The van der Waals surface area contributed by atoms with Gasteiger partial charge >= 0.3 is 0 Å². The van der Waals surface area contributed by atoms with Crippen LogP contribution in [0.25, 0.3) is 11.1 Å². The molecule has 0 spiro atoms. The Balaban J connectivity index is 1.83. The Bertz CT molecular complexity index is 1020. The summed E-state index contributed by atoms with van der Waals surface area (Å²) in [4.78, 5) is 14.9. The van der Waals surface area contributed by atoms with Gasteiger partial charge in [-0.3, -0.25) is 4.79 Å². The van der Waals surface area contributed by atoms with Crippen molar-refractivity contribution in [3.8, 4) is 11.1 Å². The summed E-state index contributed by atoms with van der Waals surface area (Å²) in [5, 5.41) is 0. The van der Waals surface area contributed by atoms with E-state index in [1.54, 1.807) is 0 Å². The van der Waals surface area contributed by atoms with Crippen LogP contribution in [-0.4, -0.2) is 5.78 Å². The Kier molecular flexibility index (Phi) is 5.16. The van der Waals surface area contributed by atoms with E-state index in [9.17, 15) is 4.79 Å². The Hall–Kier alpha value is -2.32. The van der Waals surface area contributed by atoms with Gasteiger partial charge in [0.05, 0.1) is 0 Å². The molecule has 0 unspecified atom stereocenters. The molecule has 1 aliphatic carbocycles. The second-order valence-corrected chi connectivity index (χ2v) is 8.60. The number of fused-ring (bicyclic) bond motifs is 3. The van der Waals surface area contributed by atoms with Crippen LogP contribution in [-0.2, 0) is 5.41 Å². The SMILES string of the molecule is CCC(=O)c1ccc2c(c1)C(CC)(CC)c1cc(Sc3ccccc3)ccc1-2. The molecule has 0 bridgehead atoms. The highest BCUT2D eigenvalue weighted by Crippen LogP contribution is 2.53. The van der Waals surface area contributed by atoms with E-state index < -0.39 is 0 Å². The van der Waals surface area contributed by atoms with Crippen LogP contribution in [0.3, 0.4) is 0 Å². The van der Waals surface area contributed by atoms with Gasteiger partial charge in [-0.05, 0) is 65.4 Å². The molecule has 142 valence electrons. The van der Waals surface area contributed by atoms with Crippen LogP contribution in [0.15, 0.2) is 76.5 Å². The van der Waals surface area contributed by atoms with Crippen LogP contribution in [0.4, 0.5) is 0 Å². The third-order valence-corrected chi connectivity index (χ3v) is 7.16. The van der Waals surface area contributed by atoms with Crippen LogP contribution >= 0.6 is 11.8 Å². The molecule has 0 N–H and O–H groups in total. The Morgan fingerprint density at radius 2 is 1.43 bits per heavy atom. The summed E-state index contributed by atoms with van der Waals surface area (Å²) in [6.45, 7) is 6.48. The maximum absolute atomic E-state index is 12.3. The smallest absolute Gasteiger partial charge is 0.162 e. The fourth-order valence-electron chi connectivity index (χ4n) is 4.55. The van der Waals surface area contributed by atoms with Gasteiger partial charge in [0.25, 0.3) is 0 Å². The van der Waals surface area contributed by atoms with Crippen molar-refractivity contribution in [2.75, 3.05) is 0 Å². The van der Waals surface area contributed by atoms with Crippen molar-refractivity contribution in [2.24, 2.45) is 0 Å². The van der Waals surface area contributed by atoms with E-state index >= 15 is 0 Å². The summed E-state index contributed by atoms with van der Waals surface area (Å²) in [6, 6.07) is 23.7. The highest BCUT2D eigenvalue weighted by molar-refractivity contribution is 7.99. The fourth-order valence-corrected chi connectivity index (χ4v) is 5.43. The standard InChI is InChI=1S/C26H26OS/c1-4-25(27)18-12-14-21-22-15-13-20(28-19-10-8-7-9-11-19)17-24(22)26(5-2,6-3)23(21)16-18/h7-17H,4-6H2,1-3H3. The molecule has 1 nitrogen and oxygen atoms in total. The Morgan fingerprint density at radius 1 is 0.786 bits per heavy atom. The third kappa shape index (κ3) is 3.00. The molecule has 0 fully saturated rings. The van der Waals surface area contributed by atoms with E-state index in [1.807, 2.05) is 24.8 Å². The predicted molar refractivity (Wildman–Crippen MR) is 118 cm³/mol. The normalized spacial score (nSPS) is 13.8. The first-order chi connectivity index (χ1) is 13.6. The summed E-state index contributed by atoms with van der Waals surface area (Å²) in [5.41, 5.74) is 6.19. The van der Waals surface area contributed by atoms with Crippen molar-refractivity contribution in [2.45, 2.75) is 55.2 Å². The molecule has 0 radical (unpaired) electrons. The number of carbonyl (C=O) groups excluding carboxylic acids is 1. The minimum absolute atomic E-state index is 0.0119. The maximum Gasteiger partial charge on any atom is 0.162 e. The lowest BCUT2D eigenvalue weighted by Crippen LogP contribution is -2.23. The molecule has 0 aromatic heterocycles. The quantitative estimate of drug-likeness (QED) is 0.408. The van der Waals surface area contributed by atoms with E-state index in [-0.39, 0.29) is 11.2 Å². The molecule has 0 saturated heterocycles. The maximum atomic E-state index is 12.3. The molecule has 0 aliphatic heterocycles. The third-order valence-electron chi connectivity index (χ3n) is 6.16. The van der Waals surface area contributed by atoms with E-state index in [0.29, 0.717) is 6.42 Å². The summed E-state index contributed by atoms with van der Waals surface area (Å²) < 4.78 is 0. The number of ketones is 1. The minimum Gasteiger partial charge on any atom is -0.294 e. The van der Waals surface area contributed by atoms with E-state index in [0.717, 1.165) is 18.4 Å². The molecule has 0 saturated carbocycles. The van der Waals surface area contributed by atoms with Gasteiger partial charge in [-0.2, -0.15) is 0 Å². The molecular weight excluding hydrogens is 360 g/mol. The van der Waals surface area contributed by atoms with Gasteiger partial charge < -0.3 is 0 Å². The van der Waals surface area contributed by atoms with E-state index in [4.69, 9.17) is 0 Å². The number of Topliss-reactive ketones (excluding diaryl/α,β-unsaturated/α-hetero) is 1. The topological polar surface area (TPSA) is 17.1 Å². The molecule has 3 aromatic rings. The number of hydrogen-bond donors (Lipinski definition) is 0. The van der Waals surface area contributed by atoms with Crippen molar-refractivity contribution in [3.05, 3.63) is 83.4 Å². The molecule has 4 rings (SSSR count). The molecule has 0 atom stereocenters. The first-order valence-corrected chi connectivity index (χ1v) is 11.0. The molecule has 2 heteroatoms. The second kappa shape index (κ2) is 7.60. The molecular formula is C26H26OS. The van der Waals surface area contributed by atoms with Crippen LogP contribution in [0.1, 0.15) is 61.5 Å². The van der Waals surface area contributed by atoms with E-state index in [1.165, 1.54) is 32.0 Å². The molecule has 28 heavy (non-hydrogen) atoms. The van der Waals surface area contributed by atoms with Gasteiger partial charge in [0.2, 0.25) is 0 Å². The largest absolute Gasteiger partial charge is 0.294 e. The molecule has 0 heterocycles. The summed E-state index contributed by atoms with van der Waals surface area (Å²) in [5.74, 6) is 0.222.